The number of fused-ring (bicyclic) bond motifs is 1. The van der Waals surface area contributed by atoms with Crippen molar-refractivity contribution in [1.29, 1.82) is 0 Å². The molecule has 0 bridgehead atoms. The van der Waals surface area contributed by atoms with E-state index in [1.165, 1.54) is 29.0 Å². The Bertz CT molecular complexity index is 1200. The fraction of sp³-hybridized carbons (Fsp3) is 0.375. The molecule has 0 aliphatic carbocycles. The molecule has 2 aromatic heterocycles. The molecular weight excluding hydrogens is 454 g/mol. The van der Waals surface area contributed by atoms with Crippen LogP contribution in [0.25, 0.3) is 11.1 Å². The average molecular weight is 480 g/mol. The molecule has 10 heteroatoms. The van der Waals surface area contributed by atoms with E-state index in [4.69, 9.17) is 11.6 Å². The van der Waals surface area contributed by atoms with Gasteiger partial charge in [-0.2, -0.15) is 9.78 Å². The molecule has 0 spiro atoms. The number of carbonyl (C=O) groups excluding carboxylic acids is 2. The summed E-state index contributed by atoms with van der Waals surface area (Å²) in [5, 5.41) is 4.90. The summed E-state index contributed by atoms with van der Waals surface area (Å²) in [6, 6.07) is 5.95. The van der Waals surface area contributed by atoms with Crippen LogP contribution in [0, 0.1) is 11.8 Å². The fourth-order valence-electron chi connectivity index (χ4n) is 4.84. The van der Waals surface area contributed by atoms with E-state index >= 15 is 0 Å². The van der Waals surface area contributed by atoms with E-state index < -0.39 is 0 Å². The molecule has 2 amide bonds. The summed E-state index contributed by atoms with van der Waals surface area (Å²) >= 11 is 6.60. The summed E-state index contributed by atoms with van der Waals surface area (Å²) in [5.74, 6) is 0.753. The fourth-order valence-corrected chi connectivity index (χ4v) is 5.08. The molecule has 0 saturated carbocycles. The number of likely N-dealkylation sites (tertiary alicyclic amines) is 2. The second kappa shape index (κ2) is 9.15. The molecule has 2 fully saturated rings. The molecule has 9 nitrogen and oxygen atoms in total. The van der Waals surface area contributed by atoms with Crippen LogP contribution < -0.4 is 4.90 Å². The minimum Gasteiger partial charge on any atom is -0.322 e. The van der Waals surface area contributed by atoms with E-state index in [0.717, 1.165) is 41.3 Å². The maximum atomic E-state index is 12.9. The van der Waals surface area contributed by atoms with Gasteiger partial charge < -0.3 is 9.80 Å². The molecule has 2 aliphatic heterocycles. The molecule has 2 saturated heterocycles. The van der Waals surface area contributed by atoms with Crippen molar-refractivity contribution in [1.82, 2.24) is 29.5 Å². The van der Waals surface area contributed by atoms with Crippen molar-refractivity contribution >= 4 is 29.2 Å². The molecule has 1 aromatic carbocycles. The van der Waals surface area contributed by atoms with Crippen LogP contribution in [0.3, 0.4) is 0 Å². The highest BCUT2D eigenvalue weighted by Crippen LogP contribution is 2.34. The highest BCUT2D eigenvalue weighted by atomic mass is 35.5. The number of hydrogen-bond acceptors (Lipinski definition) is 6. The first kappa shape index (κ1) is 22.5. The van der Waals surface area contributed by atoms with Crippen molar-refractivity contribution < 1.29 is 9.59 Å². The minimum atomic E-state index is -0.146. The summed E-state index contributed by atoms with van der Waals surface area (Å²) in [5.41, 5.74) is 3.63. The zero-order chi connectivity index (χ0) is 23.8. The number of aromatic nitrogens is 4. The predicted molar refractivity (Wildman–Crippen MR) is 128 cm³/mol. The summed E-state index contributed by atoms with van der Waals surface area (Å²) in [6.07, 6.45) is 8.21. The smallest absolute Gasteiger partial charge is 0.322 e. The van der Waals surface area contributed by atoms with Gasteiger partial charge in [0.05, 0.1) is 18.1 Å². The number of anilines is 1. The lowest BCUT2D eigenvalue weighted by atomic mass is 10.0. The lowest BCUT2D eigenvalue weighted by molar-refractivity contribution is -0.116. The van der Waals surface area contributed by atoms with Gasteiger partial charge in [0.25, 0.3) is 0 Å². The number of carbonyl (C=O) groups is 2. The van der Waals surface area contributed by atoms with Gasteiger partial charge in [0.15, 0.2) is 0 Å². The van der Waals surface area contributed by atoms with E-state index in [1.54, 1.807) is 25.6 Å². The zero-order valence-corrected chi connectivity index (χ0v) is 19.9. The van der Waals surface area contributed by atoms with Crippen molar-refractivity contribution in [2.75, 3.05) is 38.1 Å². The first-order valence-electron chi connectivity index (χ1n) is 11.2. The molecule has 0 radical (unpaired) electrons. The molecule has 176 valence electrons. The van der Waals surface area contributed by atoms with Crippen molar-refractivity contribution in [2.24, 2.45) is 11.8 Å². The molecule has 2 aliphatic rings. The Labute approximate surface area is 203 Å². The number of amides is 2. The first-order chi connectivity index (χ1) is 16.4. The first-order valence-corrected chi connectivity index (χ1v) is 11.6. The minimum absolute atomic E-state index is 0.105. The number of rotatable bonds is 4. The Morgan fingerprint density at radius 1 is 1.06 bits per heavy atom. The maximum Gasteiger partial charge on any atom is 0.344 e. The van der Waals surface area contributed by atoms with Gasteiger partial charge in [0, 0.05) is 69.7 Å². The third kappa shape index (κ3) is 4.41. The normalized spacial score (nSPS) is 19.9. The molecule has 34 heavy (non-hydrogen) atoms. The molecule has 4 heterocycles. The van der Waals surface area contributed by atoms with E-state index in [0.29, 0.717) is 30.6 Å². The van der Waals surface area contributed by atoms with Gasteiger partial charge in [-0.1, -0.05) is 23.7 Å². The lowest BCUT2D eigenvalue weighted by Gasteiger charge is -2.22. The van der Waals surface area contributed by atoms with Gasteiger partial charge in [-0.15, -0.1) is 0 Å². The number of halogens is 1. The van der Waals surface area contributed by atoms with Gasteiger partial charge in [-0.05, 0) is 29.0 Å². The quantitative estimate of drug-likeness (QED) is 0.571. The van der Waals surface area contributed by atoms with Crippen LogP contribution in [0.5, 0.6) is 0 Å². The monoisotopic (exact) mass is 479 g/mol. The third-order valence-corrected chi connectivity index (χ3v) is 7.15. The van der Waals surface area contributed by atoms with Gasteiger partial charge in [-0.25, -0.2) is 14.8 Å². The van der Waals surface area contributed by atoms with Crippen LogP contribution in [0.4, 0.5) is 10.5 Å². The zero-order valence-electron chi connectivity index (χ0n) is 19.1. The van der Waals surface area contributed by atoms with Crippen LogP contribution in [0.2, 0.25) is 5.02 Å². The Morgan fingerprint density at radius 3 is 2.41 bits per heavy atom. The van der Waals surface area contributed by atoms with Crippen LogP contribution >= 0.6 is 11.6 Å². The van der Waals surface area contributed by atoms with Gasteiger partial charge in [0.2, 0.25) is 5.91 Å². The second-order valence-electron chi connectivity index (χ2n) is 9.06. The van der Waals surface area contributed by atoms with Crippen molar-refractivity contribution in [2.45, 2.75) is 13.5 Å². The third-order valence-electron chi connectivity index (χ3n) is 6.80. The number of hydrogen-bond donors (Lipinski definition) is 0. The standard InChI is InChI=1S/C24H26ClN7O2/c1-16(33)29(2)22-8-28-32(14-22)24(34)31-12-20-10-30(11-21(20)13-31)9-18-4-3-17(5-23(18)25)19-6-26-15-27-7-19/h3-8,14-15,20-21H,9-13H2,1-2H3. The molecule has 3 aromatic rings. The second-order valence-corrected chi connectivity index (χ2v) is 9.46. The molecule has 2 atom stereocenters. The van der Waals surface area contributed by atoms with Crippen molar-refractivity contribution in [3.8, 4) is 11.1 Å². The van der Waals surface area contributed by atoms with Gasteiger partial charge in [-0.3, -0.25) is 9.69 Å². The topological polar surface area (TPSA) is 87.5 Å². The van der Waals surface area contributed by atoms with Crippen molar-refractivity contribution in [3.63, 3.8) is 0 Å². The van der Waals surface area contributed by atoms with Crippen LogP contribution in [-0.4, -0.2) is 74.7 Å². The Kier molecular flexibility index (Phi) is 6.05. The summed E-state index contributed by atoms with van der Waals surface area (Å²) in [6.45, 7) is 5.53. The highest BCUT2D eigenvalue weighted by Gasteiger charge is 2.42. The van der Waals surface area contributed by atoms with E-state index in [1.807, 2.05) is 11.0 Å². The Hall–Kier alpha value is -3.30. The van der Waals surface area contributed by atoms with Crippen LogP contribution in [-0.2, 0) is 11.3 Å². The Balaban J connectivity index is 1.18. The number of nitrogens with zero attached hydrogens (tertiary/aromatic N) is 7. The average Bonchev–Trinajstić information content (AvgIpc) is 3.55. The molecule has 5 rings (SSSR count). The van der Waals surface area contributed by atoms with Crippen LogP contribution in [0.1, 0.15) is 12.5 Å². The molecule has 0 N–H and O–H groups in total. The Morgan fingerprint density at radius 2 is 1.76 bits per heavy atom. The summed E-state index contributed by atoms with van der Waals surface area (Å²) < 4.78 is 1.33. The maximum absolute atomic E-state index is 12.9. The van der Waals surface area contributed by atoms with Crippen LogP contribution in [0.15, 0.2) is 49.3 Å². The molecule has 2 unspecified atom stereocenters. The largest absolute Gasteiger partial charge is 0.344 e. The SMILES string of the molecule is CC(=O)N(C)c1cnn(C(=O)N2CC3CN(Cc4ccc(-c5cncnc5)cc4Cl)CC3C2)c1. The predicted octanol–water partition coefficient (Wildman–Crippen LogP) is 3.01. The van der Waals surface area contributed by atoms with Gasteiger partial charge in [0.1, 0.15) is 6.33 Å². The van der Waals surface area contributed by atoms with E-state index in [-0.39, 0.29) is 11.9 Å². The molecular formula is C24H26ClN7O2. The lowest BCUT2D eigenvalue weighted by Crippen LogP contribution is -2.36. The van der Waals surface area contributed by atoms with E-state index in [9.17, 15) is 9.59 Å². The summed E-state index contributed by atoms with van der Waals surface area (Å²) in [7, 11) is 1.67. The summed E-state index contributed by atoms with van der Waals surface area (Å²) in [4.78, 5) is 38.4. The van der Waals surface area contributed by atoms with Gasteiger partial charge >= 0.3 is 6.03 Å². The highest BCUT2D eigenvalue weighted by molar-refractivity contribution is 6.31. The van der Waals surface area contributed by atoms with E-state index in [2.05, 4.69) is 32.1 Å². The van der Waals surface area contributed by atoms with Crippen molar-refractivity contribution in [3.05, 3.63) is 59.9 Å². The number of benzene rings is 1.